The summed E-state index contributed by atoms with van der Waals surface area (Å²) in [5, 5.41) is 1.03. The van der Waals surface area contributed by atoms with Gasteiger partial charge in [0.05, 0.1) is 5.39 Å². The molecule has 0 unspecified atom stereocenters. The molecule has 7 heteroatoms. The minimum atomic E-state index is 0.588. The molecule has 0 spiro atoms. The molecule has 0 fully saturated rings. The second-order valence-corrected chi connectivity index (χ2v) is 8.31. The van der Waals surface area contributed by atoms with Gasteiger partial charge in [-0.2, -0.15) is 4.98 Å². The zero-order valence-electron chi connectivity index (χ0n) is 14.6. The molecule has 4 heterocycles. The number of hydrogen-bond donors (Lipinski definition) is 0. The normalized spacial score (nSPS) is 13.1. The molecule has 0 N–H and O–H groups in total. The summed E-state index contributed by atoms with van der Waals surface area (Å²) in [5.41, 5.74) is 3.13. The summed E-state index contributed by atoms with van der Waals surface area (Å²) in [4.78, 5) is 20.6. The highest BCUT2D eigenvalue weighted by molar-refractivity contribution is 9.10. The van der Waals surface area contributed by atoms with Crippen LogP contribution in [0.4, 0.5) is 0 Å². The molecule has 27 heavy (non-hydrogen) atoms. The molecular formula is C20H15BrN4OS. The second-order valence-electron chi connectivity index (χ2n) is 6.48. The fourth-order valence-corrected chi connectivity index (χ4v) is 5.10. The van der Waals surface area contributed by atoms with Crippen LogP contribution < -0.4 is 4.74 Å². The third-order valence-electron chi connectivity index (χ3n) is 4.61. The van der Waals surface area contributed by atoms with Crippen LogP contribution in [-0.4, -0.2) is 19.9 Å². The first-order valence-corrected chi connectivity index (χ1v) is 10.3. The highest BCUT2D eigenvalue weighted by atomic mass is 79.9. The summed E-state index contributed by atoms with van der Waals surface area (Å²) >= 11 is 5.25. The Kier molecular flexibility index (Phi) is 4.13. The van der Waals surface area contributed by atoms with Crippen LogP contribution in [0, 0.1) is 6.92 Å². The van der Waals surface area contributed by atoms with Gasteiger partial charge in [0, 0.05) is 28.5 Å². The quantitative estimate of drug-likeness (QED) is 0.395. The fraction of sp³-hybridized carbons (Fsp3) is 0.200. The van der Waals surface area contributed by atoms with Crippen molar-refractivity contribution in [2.45, 2.75) is 26.2 Å². The van der Waals surface area contributed by atoms with Gasteiger partial charge in [-0.3, -0.25) is 4.98 Å². The van der Waals surface area contributed by atoms with Crippen LogP contribution in [0.2, 0.25) is 0 Å². The van der Waals surface area contributed by atoms with Crippen LogP contribution in [0.3, 0.4) is 0 Å². The Morgan fingerprint density at radius 2 is 2.04 bits per heavy atom. The predicted molar refractivity (Wildman–Crippen MR) is 109 cm³/mol. The number of ether oxygens (including phenoxy) is 1. The molecule has 0 radical (unpaired) electrons. The lowest BCUT2D eigenvalue weighted by Gasteiger charge is -2.10. The Hall–Kier alpha value is -2.38. The Balaban J connectivity index is 1.70. The van der Waals surface area contributed by atoms with Gasteiger partial charge >= 0.3 is 0 Å². The van der Waals surface area contributed by atoms with Gasteiger partial charge in [0.2, 0.25) is 5.88 Å². The number of aryl methyl sites for hydroxylation is 3. The SMILES string of the molecule is Cc1ccc(Oc2nc(-c3cccnc3)nc3sc4c(c23)CCC4)c(Br)n1. The summed E-state index contributed by atoms with van der Waals surface area (Å²) in [5.74, 6) is 1.86. The molecule has 0 amide bonds. The van der Waals surface area contributed by atoms with Crippen molar-refractivity contribution < 1.29 is 4.74 Å². The lowest BCUT2D eigenvalue weighted by Crippen LogP contribution is -1.97. The lowest BCUT2D eigenvalue weighted by molar-refractivity contribution is 0.462. The van der Waals surface area contributed by atoms with E-state index < -0.39 is 0 Å². The van der Waals surface area contributed by atoms with E-state index in [-0.39, 0.29) is 0 Å². The molecule has 1 aliphatic rings. The minimum absolute atomic E-state index is 0.588. The molecule has 4 aromatic rings. The standard InChI is InChI=1S/C20H15BrN4OS/c1-11-7-8-14(17(21)23-11)26-19-16-13-5-2-6-15(13)27-20(16)25-18(24-19)12-4-3-9-22-10-12/h3-4,7-10H,2,5-6H2,1H3. The van der Waals surface area contributed by atoms with E-state index in [1.54, 1.807) is 23.7 Å². The summed E-state index contributed by atoms with van der Waals surface area (Å²) in [6.07, 6.45) is 6.85. The third-order valence-corrected chi connectivity index (χ3v) is 6.37. The average Bonchev–Trinajstić information content (AvgIpc) is 3.25. The van der Waals surface area contributed by atoms with Gasteiger partial charge in [-0.05, 0) is 71.9 Å². The van der Waals surface area contributed by atoms with E-state index in [4.69, 9.17) is 14.7 Å². The molecule has 134 valence electrons. The Bertz CT molecular complexity index is 1160. The van der Waals surface area contributed by atoms with E-state index in [2.05, 4.69) is 25.9 Å². The zero-order chi connectivity index (χ0) is 18.4. The van der Waals surface area contributed by atoms with Crippen LogP contribution >= 0.6 is 27.3 Å². The summed E-state index contributed by atoms with van der Waals surface area (Å²) in [6, 6.07) is 7.69. The number of fused-ring (bicyclic) bond motifs is 3. The van der Waals surface area contributed by atoms with Crippen molar-refractivity contribution in [1.82, 2.24) is 19.9 Å². The van der Waals surface area contributed by atoms with Crippen molar-refractivity contribution in [1.29, 1.82) is 0 Å². The largest absolute Gasteiger partial charge is 0.435 e. The molecule has 5 nitrogen and oxygen atoms in total. The molecule has 0 aliphatic heterocycles. The number of halogens is 1. The maximum atomic E-state index is 6.25. The van der Waals surface area contributed by atoms with E-state index in [1.165, 1.54) is 16.9 Å². The van der Waals surface area contributed by atoms with E-state index in [0.29, 0.717) is 22.1 Å². The van der Waals surface area contributed by atoms with E-state index in [0.717, 1.165) is 34.3 Å². The highest BCUT2D eigenvalue weighted by Crippen LogP contribution is 2.43. The summed E-state index contributed by atoms with van der Waals surface area (Å²) in [7, 11) is 0. The van der Waals surface area contributed by atoms with Crippen LogP contribution in [0.25, 0.3) is 21.6 Å². The van der Waals surface area contributed by atoms with Gasteiger partial charge in [0.25, 0.3) is 0 Å². The molecule has 0 atom stereocenters. The smallest absolute Gasteiger partial charge is 0.232 e. The first-order chi connectivity index (χ1) is 13.2. The molecule has 4 aromatic heterocycles. The molecule has 0 bridgehead atoms. The maximum absolute atomic E-state index is 6.25. The van der Waals surface area contributed by atoms with Gasteiger partial charge < -0.3 is 4.74 Å². The van der Waals surface area contributed by atoms with Gasteiger partial charge in [0.1, 0.15) is 9.43 Å². The van der Waals surface area contributed by atoms with Crippen LogP contribution in [0.1, 0.15) is 22.6 Å². The van der Waals surface area contributed by atoms with E-state index in [1.807, 2.05) is 31.2 Å². The number of rotatable bonds is 3. The number of hydrogen-bond acceptors (Lipinski definition) is 6. The van der Waals surface area contributed by atoms with Gasteiger partial charge in [-0.15, -0.1) is 11.3 Å². The molecule has 1 aliphatic carbocycles. The average molecular weight is 439 g/mol. The van der Waals surface area contributed by atoms with Crippen molar-refractivity contribution in [2.24, 2.45) is 0 Å². The number of nitrogens with zero attached hydrogens (tertiary/aromatic N) is 4. The van der Waals surface area contributed by atoms with Crippen LogP contribution in [0.5, 0.6) is 11.6 Å². The summed E-state index contributed by atoms with van der Waals surface area (Å²) in [6.45, 7) is 1.95. The highest BCUT2D eigenvalue weighted by Gasteiger charge is 2.24. The van der Waals surface area contributed by atoms with Gasteiger partial charge in [0.15, 0.2) is 11.6 Å². The first kappa shape index (κ1) is 16.8. The third kappa shape index (κ3) is 3.00. The maximum Gasteiger partial charge on any atom is 0.232 e. The molecule has 0 aromatic carbocycles. The fourth-order valence-electron chi connectivity index (χ4n) is 3.35. The minimum Gasteiger partial charge on any atom is -0.435 e. The Morgan fingerprint density at radius 1 is 1.11 bits per heavy atom. The van der Waals surface area contributed by atoms with Crippen molar-refractivity contribution in [3.63, 3.8) is 0 Å². The van der Waals surface area contributed by atoms with Crippen LogP contribution in [0.15, 0.2) is 41.3 Å². The molecule has 0 saturated heterocycles. The van der Waals surface area contributed by atoms with Crippen molar-refractivity contribution in [3.8, 4) is 23.0 Å². The van der Waals surface area contributed by atoms with Crippen molar-refractivity contribution in [2.75, 3.05) is 0 Å². The summed E-state index contributed by atoms with van der Waals surface area (Å²) < 4.78 is 6.92. The lowest BCUT2D eigenvalue weighted by atomic mass is 10.2. The molecule has 0 saturated carbocycles. The van der Waals surface area contributed by atoms with Crippen molar-refractivity contribution in [3.05, 3.63) is 57.4 Å². The second kappa shape index (κ2) is 6.65. The number of pyridine rings is 2. The van der Waals surface area contributed by atoms with E-state index in [9.17, 15) is 0 Å². The zero-order valence-corrected chi connectivity index (χ0v) is 17.0. The molecule has 5 rings (SSSR count). The Labute approximate surface area is 168 Å². The number of aromatic nitrogens is 4. The van der Waals surface area contributed by atoms with Gasteiger partial charge in [-0.1, -0.05) is 0 Å². The van der Waals surface area contributed by atoms with Crippen molar-refractivity contribution >= 4 is 37.5 Å². The topological polar surface area (TPSA) is 60.8 Å². The monoisotopic (exact) mass is 438 g/mol. The predicted octanol–water partition coefficient (Wildman–Crippen LogP) is 5.50. The van der Waals surface area contributed by atoms with E-state index >= 15 is 0 Å². The molecular weight excluding hydrogens is 424 g/mol. The first-order valence-electron chi connectivity index (χ1n) is 8.73. The Morgan fingerprint density at radius 3 is 2.85 bits per heavy atom. The number of thiophene rings is 1. The van der Waals surface area contributed by atoms with Crippen LogP contribution in [-0.2, 0) is 12.8 Å². The van der Waals surface area contributed by atoms with Gasteiger partial charge in [-0.25, -0.2) is 9.97 Å².